The van der Waals surface area contributed by atoms with Crippen LogP contribution in [0.1, 0.15) is 26.7 Å². The van der Waals surface area contributed by atoms with E-state index in [1.54, 1.807) is 24.3 Å². The number of ether oxygens (including phenoxy) is 1. The molecule has 3 heterocycles. The molecule has 1 N–H and O–H groups in total. The average Bonchev–Trinajstić information content (AvgIpc) is 2.76. The second kappa shape index (κ2) is 9.02. The SMILES string of the molecule is CC1(C)CCN(c2ccc(F)c(Nc3cc(-c4ccc(OC(F)F)cc4)cnn3)n2)CC1. The summed E-state index contributed by atoms with van der Waals surface area (Å²) in [5, 5.41) is 10.9. The van der Waals surface area contributed by atoms with Crippen LogP contribution >= 0.6 is 0 Å². The van der Waals surface area contributed by atoms with Gasteiger partial charge in [-0.2, -0.15) is 13.9 Å². The Kier molecular flexibility index (Phi) is 6.16. The maximum atomic E-state index is 14.5. The molecule has 1 saturated heterocycles. The van der Waals surface area contributed by atoms with Gasteiger partial charge in [0.1, 0.15) is 11.6 Å². The van der Waals surface area contributed by atoms with Crippen molar-refractivity contribution in [1.82, 2.24) is 15.2 Å². The molecule has 0 unspecified atom stereocenters. The van der Waals surface area contributed by atoms with E-state index in [0.29, 0.717) is 22.6 Å². The summed E-state index contributed by atoms with van der Waals surface area (Å²) in [5.41, 5.74) is 1.71. The fraction of sp³-hybridized carbons (Fsp3) is 0.348. The zero-order chi connectivity index (χ0) is 22.7. The zero-order valence-electron chi connectivity index (χ0n) is 17.9. The molecule has 9 heteroatoms. The highest BCUT2D eigenvalue weighted by molar-refractivity contribution is 5.67. The van der Waals surface area contributed by atoms with Gasteiger partial charge in [-0.15, -0.1) is 5.10 Å². The van der Waals surface area contributed by atoms with Crippen molar-refractivity contribution in [2.45, 2.75) is 33.3 Å². The monoisotopic (exact) mass is 443 g/mol. The molecule has 1 aliphatic heterocycles. The summed E-state index contributed by atoms with van der Waals surface area (Å²) >= 11 is 0. The number of nitrogens with zero attached hydrogens (tertiary/aromatic N) is 4. The quantitative estimate of drug-likeness (QED) is 0.531. The van der Waals surface area contributed by atoms with Gasteiger partial charge in [-0.3, -0.25) is 0 Å². The number of anilines is 3. The first kappa shape index (κ1) is 21.9. The van der Waals surface area contributed by atoms with Crippen molar-refractivity contribution >= 4 is 17.5 Å². The van der Waals surface area contributed by atoms with Gasteiger partial charge in [0.2, 0.25) is 0 Å². The first-order chi connectivity index (χ1) is 15.3. The molecule has 0 amide bonds. The third kappa shape index (κ3) is 5.27. The van der Waals surface area contributed by atoms with Gasteiger partial charge < -0.3 is 15.0 Å². The number of pyridine rings is 1. The predicted molar refractivity (Wildman–Crippen MR) is 117 cm³/mol. The van der Waals surface area contributed by atoms with Crippen LogP contribution in [0.15, 0.2) is 48.7 Å². The molecule has 1 fully saturated rings. The van der Waals surface area contributed by atoms with Crippen LogP contribution in [0.25, 0.3) is 11.1 Å². The van der Waals surface area contributed by atoms with Crippen molar-refractivity contribution in [3.8, 4) is 16.9 Å². The minimum absolute atomic E-state index is 0.0632. The van der Waals surface area contributed by atoms with Gasteiger partial charge in [-0.05, 0) is 54.2 Å². The second-order valence-electron chi connectivity index (χ2n) is 8.51. The topological polar surface area (TPSA) is 63.2 Å². The largest absolute Gasteiger partial charge is 0.435 e. The highest BCUT2D eigenvalue weighted by Gasteiger charge is 2.26. The number of benzene rings is 1. The highest BCUT2D eigenvalue weighted by Crippen LogP contribution is 2.32. The van der Waals surface area contributed by atoms with E-state index < -0.39 is 12.4 Å². The zero-order valence-corrected chi connectivity index (χ0v) is 17.9. The molecule has 2 aromatic heterocycles. The van der Waals surface area contributed by atoms with E-state index in [1.807, 2.05) is 0 Å². The van der Waals surface area contributed by atoms with E-state index in [2.05, 4.69) is 44.0 Å². The fourth-order valence-electron chi connectivity index (χ4n) is 3.57. The molecule has 6 nitrogen and oxygen atoms in total. The molecule has 0 saturated carbocycles. The van der Waals surface area contributed by atoms with E-state index in [4.69, 9.17) is 0 Å². The van der Waals surface area contributed by atoms with Crippen LogP contribution in [0.4, 0.5) is 30.6 Å². The van der Waals surface area contributed by atoms with Gasteiger partial charge in [0.15, 0.2) is 17.5 Å². The summed E-state index contributed by atoms with van der Waals surface area (Å²) in [4.78, 5) is 6.62. The molecule has 0 aliphatic carbocycles. The lowest BCUT2D eigenvalue weighted by molar-refractivity contribution is -0.0498. The van der Waals surface area contributed by atoms with Crippen LogP contribution < -0.4 is 15.0 Å². The lowest BCUT2D eigenvalue weighted by atomic mass is 9.83. The normalized spacial score (nSPS) is 15.6. The molecule has 168 valence electrons. The van der Waals surface area contributed by atoms with Gasteiger partial charge in [0.25, 0.3) is 0 Å². The van der Waals surface area contributed by atoms with Crippen molar-refractivity contribution in [1.29, 1.82) is 0 Å². The van der Waals surface area contributed by atoms with Gasteiger partial charge in [0.05, 0.1) is 6.20 Å². The summed E-state index contributed by atoms with van der Waals surface area (Å²) in [6, 6.07) is 10.9. The summed E-state index contributed by atoms with van der Waals surface area (Å²) in [6.07, 6.45) is 3.62. The Morgan fingerprint density at radius 2 is 1.75 bits per heavy atom. The Morgan fingerprint density at radius 3 is 2.44 bits per heavy atom. The van der Waals surface area contributed by atoms with Crippen LogP contribution in [0.3, 0.4) is 0 Å². The summed E-state index contributed by atoms with van der Waals surface area (Å²) in [5.74, 6) is 0.668. The first-order valence-corrected chi connectivity index (χ1v) is 10.4. The van der Waals surface area contributed by atoms with Gasteiger partial charge in [0, 0.05) is 18.7 Å². The molecule has 0 bridgehead atoms. The smallest absolute Gasteiger partial charge is 0.387 e. The van der Waals surface area contributed by atoms with E-state index in [0.717, 1.165) is 31.5 Å². The number of aromatic nitrogens is 3. The molecule has 32 heavy (non-hydrogen) atoms. The van der Waals surface area contributed by atoms with Crippen LogP contribution in [0.2, 0.25) is 0 Å². The van der Waals surface area contributed by atoms with Crippen LogP contribution in [-0.4, -0.2) is 34.9 Å². The molecule has 0 atom stereocenters. The lowest BCUT2D eigenvalue weighted by Crippen LogP contribution is -2.37. The Labute approximate surface area is 184 Å². The minimum atomic E-state index is -2.88. The average molecular weight is 443 g/mol. The first-order valence-electron chi connectivity index (χ1n) is 10.4. The maximum Gasteiger partial charge on any atom is 0.387 e. The lowest BCUT2D eigenvalue weighted by Gasteiger charge is -2.37. The minimum Gasteiger partial charge on any atom is -0.435 e. The standard InChI is InChI=1S/C23H24F3N5O/c1-23(2)9-11-31(12-10-23)20-8-7-18(24)21(29-20)28-19-13-16(14-27-30-19)15-3-5-17(6-4-15)32-22(25)26/h3-8,13-14,22H,9-12H2,1-2H3,(H,28,29,30). The summed E-state index contributed by atoms with van der Waals surface area (Å²) in [6.45, 7) is 3.35. The number of hydrogen-bond acceptors (Lipinski definition) is 6. The maximum absolute atomic E-state index is 14.5. The highest BCUT2D eigenvalue weighted by atomic mass is 19.3. The number of alkyl halides is 2. The predicted octanol–water partition coefficient (Wildman–Crippen LogP) is 5.65. The number of piperidine rings is 1. The molecular weight excluding hydrogens is 419 g/mol. The Hall–Kier alpha value is -3.36. The Balaban J connectivity index is 1.51. The number of rotatable bonds is 6. The molecule has 0 radical (unpaired) electrons. The van der Waals surface area contributed by atoms with Gasteiger partial charge in [-0.25, -0.2) is 9.37 Å². The molecule has 3 aromatic rings. The van der Waals surface area contributed by atoms with Crippen molar-refractivity contribution in [2.24, 2.45) is 5.41 Å². The Bertz CT molecular complexity index is 1070. The molecule has 1 aromatic carbocycles. The van der Waals surface area contributed by atoms with Gasteiger partial charge >= 0.3 is 6.61 Å². The number of nitrogens with one attached hydrogen (secondary N) is 1. The van der Waals surface area contributed by atoms with Crippen LogP contribution in [0.5, 0.6) is 5.75 Å². The van der Waals surface area contributed by atoms with E-state index >= 15 is 0 Å². The van der Waals surface area contributed by atoms with E-state index in [9.17, 15) is 13.2 Å². The summed E-state index contributed by atoms with van der Waals surface area (Å²) < 4.78 is 43.5. The van der Waals surface area contributed by atoms with Crippen molar-refractivity contribution in [2.75, 3.05) is 23.3 Å². The number of hydrogen-bond donors (Lipinski definition) is 1. The molecule has 4 rings (SSSR count). The van der Waals surface area contributed by atoms with E-state index in [1.165, 1.54) is 24.4 Å². The van der Waals surface area contributed by atoms with Gasteiger partial charge in [-0.1, -0.05) is 26.0 Å². The second-order valence-corrected chi connectivity index (χ2v) is 8.51. The Morgan fingerprint density at radius 1 is 1.03 bits per heavy atom. The van der Waals surface area contributed by atoms with Crippen molar-refractivity contribution < 1.29 is 17.9 Å². The molecule has 1 aliphatic rings. The van der Waals surface area contributed by atoms with Crippen LogP contribution in [0, 0.1) is 11.2 Å². The third-order valence-electron chi connectivity index (χ3n) is 5.59. The number of halogens is 3. The summed E-state index contributed by atoms with van der Waals surface area (Å²) in [7, 11) is 0. The third-order valence-corrected chi connectivity index (χ3v) is 5.59. The molecular formula is C23H24F3N5O. The van der Waals surface area contributed by atoms with Crippen molar-refractivity contribution in [3.63, 3.8) is 0 Å². The molecule has 0 spiro atoms. The van der Waals surface area contributed by atoms with Crippen molar-refractivity contribution in [3.05, 3.63) is 54.5 Å². The van der Waals surface area contributed by atoms with E-state index in [-0.39, 0.29) is 11.6 Å². The van der Waals surface area contributed by atoms with Crippen LogP contribution in [-0.2, 0) is 0 Å². The fourth-order valence-corrected chi connectivity index (χ4v) is 3.57.